The molecule has 0 unspecified atom stereocenters. The fraction of sp³-hybridized carbons (Fsp3) is 0.188. The number of rotatable bonds is 8. The average molecular weight is 600 g/mol. The van der Waals surface area contributed by atoms with E-state index >= 15 is 0 Å². The van der Waals surface area contributed by atoms with Crippen molar-refractivity contribution < 1.29 is 19.0 Å². The van der Waals surface area contributed by atoms with Crippen LogP contribution in [0.5, 0.6) is 11.5 Å². The number of hydrogen-bond donors (Lipinski definition) is 0. The summed E-state index contributed by atoms with van der Waals surface area (Å²) in [6.45, 7) is 3.92. The molecule has 42 heavy (non-hydrogen) atoms. The normalized spacial score (nSPS) is 14.5. The molecular weight excluding hydrogens is 574 g/mol. The standard InChI is InChI=1S/C32H26ClN3O5S/c1-4-40-31(38)28-19(2)35-32-36(29(28)22-9-12-25(39-3)13-10-22)30(37)27(42-32)16-23-15-24(33)11-14-26(23)41-18-21-7-5-20(17-34)6-8-21/h5-16,29H,4,18H2,1-3H3/b27-16-/t29-/m1/s1. The first-order valence-corrected chi connectivity index (χ1v) is 14.3. The second-order valence-corrected chi connectivity index (χ2v) is 10.8. The zero-order valence-corrected chi connectivity index (χ0v) is 24.7. The van der Waals surface area contributed by atoms with E-state index in [2.05, 4.69) is 11.1 Å². The van der Waals surface area contributed by atoms with E-state index in [1.807, 2.05) is 24.3 Å². The Morgan fingerprint density at radius 3 is 2.55 bits per heavy atom. The summed E-state index contributed by atoms with van der Waals surface area (Å²) >= 11 is 7.55. The second kappa shape index (κ2) is 12.5. The van der Waals surface area contributed by atoms with Gasteiger partial charge >= 0.3 is 5.97 Å². The Hall–Kier alpha value is -4.65. The monoisotopic (exact) mass is 599 g/mol. The van der Waals surface area contributed by atoms with Gasteiger partial charge in [0.25, 0.3) is 5.56 Å². The van der Waals surface area contributed by atoms with Gasteiger partial charge in [-0.25, -0.2) is 9.79 Å². The number of halogens is 1. The third kappa shape index (κ3) is 5.86. The predicted molar refractivity (Wildman–Crippen MR) is 160 cm³/mol. The Bertz CT molecular complexity index is 1900. The van der Waals surface area contributed by atoms with Crippen LogP contribution in [0, 0.1) is 11.3 Å². The largest absolute Gasteiger partial charge is 0.497 e. The van der Waals surface area contributed by atoms with Gasteiger partial charge in [-0.05, 0) is 73.5 Å². The number of hydrogen-bond acceptors (Lipinski definition) is 8. The highest BCUT2D eigenvalue weighted by atomic mass is 35.5. The highest BCUT2D eigenvalue weighted by molar-refractivity contribution is 7.07. The molecule has 0 saturated heterocycles. The number of thiazole rings is 1. The van der Waals surface area contributed by atoms with Gasteiger partial charge in [0.15, 0.2) is 4.80 Å². The first kappa shape index (κ1) is 28.9. The Morgan fingerprint density at radius 1 is 1.14 bits per heavy atom. The number of methoxy groups -OCH3 is 1. The van der Waals surface area contributed by atoms with Crippen LogP contribution in [0.15, 0.2) is 87.8 Å². The number of carbonyl (C=O) groups is 1. The molecule has 5 rings (SSSR count). The van der Waals surface area contributed by atoms with Crippen LogP contribution in [-0.4, -0.2) is 24.3 Å². The second-order valence-electron chi connectivity index (χ2n) is 9.35. The van der Waals surface area contributed by atoms with Crippen molar-refractivity contribution in [3.63, 3.8) is 0 Å². The van der Waals surface area contributed by atoms with E-state index in [1.165, 1.54) is 15.9 Å². The summed E-state index contributed by atoms with van der Waals surface area (Å²) in [4.78, 5) is 32.2. The SMILES string of the molecule is CCOC(=O)C1=C(C)N=c2s/c(=C\c3cc(Cl)ccc3OCc3ccc(C#N)cc3)c(=O)n2[C@@H]1c1ccc(OC)cc1. The van der Waals surface area contributed by atoms with Crippen molar-refractivity contribution in [1.82, 2.24) is 4.57 Å². The average Bonchev–Trinajstić information content (AvgIpc) is 3.30. The van der Waals surface area contributed by atoms with Gasteiger partial charge in [-0.1, -0.05) is 47.2 Å². The molecule has 212 valence electrons. The molecule has 1 atom stereocenters. The Kier molecular flexibility index (Phi) is 8.57. The fourth-order valence-corrected chi connectivity index (χ4v) is 5.85. The number of benzene rings is 3. The summed E-state index contributed by atoms with van der Waals surface area (Å²) in [5.74, 6) is 0.658. The molecule has 0 bridgehead atoms. The molecule has 0 spiro atoms. The van der Waals surface area contributed by atoms with E-state index < -0.39 is 12.0 Å². The van der Waals surface area contributed by atoms with Crippen molar-refractivity contribution in [1.29, 1.82) is 5.26 Å². The molecule has 0 aliphatic carbocycles. The van der Waals surface area contributed by atoms with Crippen LogP contribution >= 0.6 is 22.9 Å². The Labute approximate surface area is 251 Å². The molecule has 4 aromatic rings. The maximum absolute atomic E-state index is 14.0. The van der Waals surface area contributed by atoms with Gasteiger partial charge in [0.05, 0.1) is 47.2 Å². The lowest BCUT2D eigenvalue weighted by atomic mass is 9.96. The summed E-state index contributed by atoms with van der Waals surface area (Å²) in [7, 11) is 1.57. The number of carbonyl (C=O) groups excluding carboxylic acids is 1. The third-order valence-electron chi connectivity index (χ3n) is 6.68. The van der Waals surface area contributed by atoms with E-state index in [9.17, 15) is 9.59 Å². The van der Waals surface area contributed by atoms with Gasteiger partial charge in [-0.3, -0.25) is 9.36 Å². The number of nitriles is 1. The van der Waals surface area contributed by atoms with Crippen molar-refractivity contribution in [2.45, 2.75) is 26.5 Å². The minimum atomic E-state index is -0.736. The minimum Gasteiger partial charge on any atom is -0.497 e. The van der Waals surface area contributed by atoms with Crippen molar-refractivity contribution >= 4 is 35.0 Å². The molecule has 1 aliphatic heterocycles. The van der Waals surface area contributed by atoms with Gasteiger partial charge in [0.2, 0.25) is 0 Å². The summed E-state index contributed by atoms with van der Waals surface area (Å²) in [5.41, 5.74) is 3.25. The summed E-state index contributed by atoms with van der Waals surface area (Å²) < 4.78 is 18.7. The smallest absolute Gasteiger partial charge is 0.338 e. The van der Waals surface area contributed by atoms with Gasteiger partial charge in [-0.15, -0.1) is 0 Å². The molecule has 10 heteroatoms. The maximum atomic E-state index is 14.0. The molecule has 2 heterocycles. The summed E-state index contributed by atoms with van der Waals surface area (Å²) in [6.07, 6.45) is 1.72. The molecule has 1 aromatic heterocycles. The lowest BCUT2D eigenvalue weighted by molar-refractivity contribution is -0.139. The molecule has 0 amide bonds. The topological polar surface area (TPSA) is 103 Å². The van der Waals surface area contributed by atoms with Crippen LogP contribution in [0.25, 0.3) is 6.08 Å². The van der Waals surface area contributed by atoms with Gasteiger partial charge in [-0.2, -0.15) is 5.26 Å². The quantitative estimate of drug-likeness (QED) is 0.267. The lowest BCUT2D eigenvalue weighted by Gasteiger charge is -2.24. The van der Waals surface area contributed by atoms with E-state index in [1.54, 1.807) is 69.5 Å². The summed E-state index contributed by atoms with van der Waals surface area (Å²) in [5, 5.41) is 9.53. The van der Waals surface area contributed by atoms with Crippen LogP contribution < -0.4 is 24.4 Å². The number of ether oxygens (including phenoxy) is 3. The molecule has 0 radical (unpaired) electrons. The molecule has 0 saturated carbocycles. The van der Waals surface area contributed by atoms with Gasteiger partial charge < -0.3 is 14.2 Å². The van der Waals surface area contributed by atoms with Crippen LogP contribution in [0.2, 0.25) is 5.02 Å². The number of fused-ring (bicyclic) bond motifs is 1. The number of esters is 1. The Balaban J connectivity index is 1.59. The molecule has 1 aliphatic rings. The van der Waals surface area contributed by atoms with E-state index in [4.69, 9.17) is 31.1 Å². The highest BCUT2D eigenvalue weighted by Gasteiger charge is 2.33. The first-order chi connectivity index (χ1) is 20.3. The van der Waals surface area contributed by atoms with Crippen LogP contribution in [-0.2, 0) is 16.1 Å². The molecule has 0 fully saturated rings. The molecule has 0 N–H and O–H groups in total. The van der Waals surface area contributed by atoms with Crippen LogP contribution in [0.3, 0.4) is 0 Å². The number of aromatic nitrogens is 1. The number of allylic oxidation sites excluding steroid dienone is 1. The van der Waals surface area contributed by atoms with Crippen molar-refractivity contribution in [2.75, 3.05) is 13.7 Å². The van der Waals surface area contributed by atoms with E-state index in [0.717, 1.165) is 11.1 Å². The molecule has 3 aromatic carbocycles. The zero-order valence-electron chi connectivity index (χ0n) is 23.1. The van der Waals surface area contributed by atoms with E-state index in [0.29, 0.717) is 48.3 Å². The zero-order chi connectivity index (χ0) is 29.8. The molecule has 8 nitrogen and oxygen atoms in total. The lowest BCUT2D eigenvalue weighted by Crippen LogP contribution is -2.39. The first-order valence-electron chi connectivity index (χ1n) is 13.1. The van der Waals surface area contributed by atoms with Crippen molar-refractivity contribution in [3.8, 4) is 17.6 Å². The Morgan fingerprint density at radius 2 is 1.88 bits per heavy atom. The maximum Gasteiger partial charge on any atom is 0.338 e. The highest BCUT2D eigenvalue weighted by Crippen LogP contribution is 2.32. The van der Waals surface area contributed by atoms with Crippen LogP contribution in [0.1, 0.15) is 42.1 Å². The van der Waals surface area contributed by atoms with Gasteiger partial charge in [0, 0.05) is 10.6 Å². The molecular formula is C32H26ClN3O5S. The van der Waals surface area contributed by atoms with Crippen LogP contribution in [0.4, 0.5) is 0 Å². The predicted octanol–water partition coefficient (Wildman–Crippen LogP) is 4.91. The summed E-state index contributed by atoms with van der Waals surface area (Å²) in [6, 6.07) is 20.9. The number of nitrogens with zero attached hydrogens (tertiary/aromatic N) is 3. The van der Waals surface area contributed by atoms with Crippen molar-refractivity contribution in [2.24, 2.45) is 4.99 Å². The van der Waals surface area contributed by atoms with E-state index in [-0.39, 0.29) is 18.8 Å². The minimum absolute atomic E-state index is 0.190. The van der Waals surface area contributed by atoms with Crippen molar-refractivity contribution in [3.05, 3.63) is 125 Å². The fourth-order valence-electron chi connectivity index (χ4n) is 4.63. The van der Waals surface area contributed by atoms with Gasteiger partial charge in [0.1, 0.15) is 18.1 Å². The third-order valence-corrected chi connectivity index (χ3v) is 7.90.